The van der Waals surface area contributed by atoms with E-state index < -0.39 is 0 Å². The van der Waals surface area contributed by atoms with E-state index in [1.807, 2.05) is 6.92 Å². The predicted octanol–water partition coefficient (Wildman–Crippen LogP) is 1.86. The Morgan fingerprint density at radius 3 is 3.00 bits per heavy atom. The summed E-state index contributed by atoms with van der Waals surface area (Å²) in [6, 6.07) is 1.51. The minimum atomic E-state index is -0.205. The Hall–Kier alpha value is -1.47. The molecule has 0 aromatic carbocycles. The van der Waals surface area contributed by atoms with E-state index >= 15 is 0 Å². The summed E-state index contributed by atoms with van der Waals surface area (Å²) in [7, 11) is 0. The lowest BCUT2D eigenvalue weighted by Crippen LogP contribution is -2.33. The highest BCUT2D eigenvalue weighted by atomic mass is 32.1. The SMILES string of the molecule is C#CC(CCC)NC(=O)c1sccc1N. The molecule has 0 spiro atoms. The van der Waals surface area contributed by atoms with Gasteiger partial charge in [-0.05, 0) is 17.9 Å². The van der Waals surface area contributed by atoms with E-state index in [0.29, 0.717) is 10.6 Å². The van der Waals surface area contributed by atoms with Crippen molar-refractivity contribution in [3.63, 3.8) is 0 Å². The number of rotatable bonds is 4. The molecule has 80 valence electrons. The number of anilines is 1. The van der Waals surface area contributed by atoms with E-state index in [9.17, 15) is 4.79 Å². The van der Waals surface area contributed by atoms with Gasteiger partial charge in [0.25, 0.3) is 5.91 Å². The van der Waals surface area contributed by atoms with Crippen LogP contribution >= 0.6 is 11.3 Å². The normalized spacial score (nSPS) is 11.7. The van der Waals surface area contributed by atoms with E-state index in [-0.39, 0.29) is 11.9 Å². The molecule has 3 N–H and O–H groups in total. The number of nitrogens with one attached hydrogen (secondary N) is 1. The third-order valence-corrected chi connectivity index (χ3v) is 2.91. The lowest BCUT2D eigenvalue weighted by Gasteiger charge is -2.11. The zero-order valence-electron chi connectivity index (χ0n) is 8.62. The summed E-state index contributed by atoms with van der Waals surface area (Å²) in [4.78, 5) is 12.2. The third kappa shape index (κ3) is 3.00. The Bertz CT molecular complexity index is 378. The summed E-state index contributed by atoms with van der Waals surface area (Å²) < 4.78 is 0. The molecule has 1 aromatic heterocycles. The van der Waals surface area contributed by atoms with Gasteiger partial charge in [-0.3, -0.25) is 4.79 Å². The van der Waals surface area contributed by atoms with E-state index in [1.54, 1.807) is 11.4 Å². The topological polar surface area (TPSA) is 55.1 Å². The maximum Gasteiger partial charge on any atom is 0.264 e. The summed E-state index contributed by atoms with van der Waals surface area (Å²) in [5, 5.41) is 4.55. The Labute approximate surface area is 93.7 Å². The van der Waals surface area contributed by atoms with E-state index in [1.165, 1.54) is 11.3 Å². The number of carbonyl (C=O) groups excluding carboxylic acids is 1. The molecule has 0 saturated carbocycles. The number of nitrogens with two attached hydrogens (primary N) is 1. The molecule has 0 aliphatic carbocycles. The van der Waals surface area contributed by atoms with Crippen molar-refractivity contribution in [2.45, 2.75) is 25.8 Å². The smallest absolute Gasteiger partial charge is 0.264 e. The fourth-order valence-electron chi connectivity index (χ4n) is 1.21. The third-order valence-electron chi connectivity index (χ3n) is 1.99. The van der Waals surface area contributed by atoms with Crippen molar-refractivity contribution in [1.82, 2.24) is 5.32 Å². The van der Waals surface area contributed by atoms with Crippen LogP contribution in [-0.4, -0.2) is 11.9 Å². The average Bonchev–Trinajstić information content (AvgIpc) is 2.63. The first-order chi connectivity index (χ1) is 7.19. The van der Waals surface area contributed by atoms with Crippen LogP contribution in [0.15, 0.2) is 11.4 Å². The molecule has 0 radical (unpaired) electrons. The molecule has 0 aliphatic rings. The van der Waals surface area contributed by atoms with Gasteiger partial charge in [-0.25, -0.2) is 0 Å². The van der Waals surface area contributed by atoms with Crippen LogP contribution in [0.25, 0.3) is 0 Å². The summed E-state index contributed by atoms with van der Waals surface area (Å²) in [5.41, 5.74) is 6.13. The highest BCUT2D eigenvalue weighted by Crippen LogP contribution is 2.18. The quantitative estimate of drug-likeness (QED) is 0.764. The second-order valence-electron chi connectivity index (χ2n) is 3.19. The van der Waals surface area contributed by atoms with Gasteiger partial charge in [0.2, 0.25) is 0 Å². The molecule has 4 heteroatoms. The molecule has 1 aromatic rings. The first-order valence-electron chi connectivity index (χ1n) is 4.79. The van der Waals surface area contributed by atoms with Gasteiger partial charge in [0.05, 0.1) is 11.7 Å². The van der Waals surface area contributed by atoms with Crippen LogP contribution in [0.2, 0.25) is 0 Å². The van der Waals surface area contributed by atoms with Gasteiger partial charge >= 0.3 is 0 Å². The molecular weight excluding hydrogens is 208 g/mol. The Balaban J connectivity index is 2.64. The molecule has 0 aliphatic heterocycles. The van der Waals surface area contributed by atoms with Crippen LogP contribution in [0.3, 0.4) is 0 Å². The fourth-order valence-corrected chi connectivity index (χ4v) is 1.93. The summed E-state index contributed by atoms with van der Waals surface area (Å²) in [5.74, 6) is 2.37. The van der Waals surface area contributed by atoms with Gasteiger partial charge in [-0.1, -0.05) is 19.3 Å². The molecular formula is C11H14N2OS. The monoisotopic (exact) mass is 222 g/mol. The van der Waals surface area contributed by atoms with Crippen LogP contribution in [0.5, 0.6) is 0 Å². The average molecular weight is 222 g/mol. The maximum atomic E-state index is 11.7. The van der Waals surface area contributed by atoms with Crippen molar-refractivity contribution < 1.29 is 4.79 Å². The Morgan fingerprint density at radius 1 is 1.80 bits per heavy atom. The Morgan fingerprint density at radius 2 is 2.53 bits per heavy atom. The molecule has 0 bridgehead atoms. The lowest BCUT2D eigenvalue weighted by atomic mass is 10.2. The predicted molar refractivity (Wildman–Crippen MR) is 63.7 cm³/mol. The van der Waals surface area contributed by atoms with E-state index in [0.717, 1.165) is 12.8 Å². The molecule has 0 saturated heterocycles. The van der Waals surface area contributed by atoms with Gasteiger partial charge in [0, 0.05) is 0 Å². The molecule has 3 nitrogen and oxygen atoms in total. The van der Waals surface area contributed by atoms with Crippen LogP contribution in [-0.2, 0) is 0 Å². The van der Waals surface area contributed by atoms with Crippen molar-refractivity contribution in [3.8, 4) is 12.3 Å². The second kappa shape index (κ2) is 5.42. The van der Waals surface area contributed by atoms with Crippen molar-refractivity contribution >= 4 is 22.9 Å². The van der Waals surface area contributed by atoms with E-state index in [4.69, 9.17) is 12.2 Å². The van der Waals surface area contributed by atoms with E-state index in [2.05, 4.69) is 11.2 Å². The first kappa shape index (κ1) is 11.6. The van der Waals surface area contributed by atoms with Crippen LogP contribution in [0, 0.1) is 12.3 Å². The Kier molecular flexibility index (Phi) is 4.19. The number of nitrogen functional groups attached to an aromatic ring is 1. The molecule has 0 fully saturated rings. The number of hydrogen-bond donors (Lipinski definition) is 2. The van der Waals surface area contributed by atoms with Gasteiger partial charge in [0.1, 0.15) is 4.88 Å². The fraction of sp³-hybridized carbons (Fsp3) is 0.364. The molecule has 1 heterocycles. The van der Waals surface area contributed by atoms with Crippen molar-refractivity contribution in [2.24, 2.45) is 0 Å². The highest BCUT2D eigenvalue weighted by molar-refractivity contribution is 7.12. The maximum absolute atomic E-state index is 11.7. The number of thiophene rings is 1. The number of amides is 1. The summed E-state index contributed by atoms with van der Waals surface area (Å²) in [6.07, 6.45) is 7.03. The van der Waals surface area contributed by atoms with Crippen LogP contribution in [0.4, 0.5) is 5.69 Å². The first-order valence-corrected chi connectivity index (χ1v) is 5.67. The van der Waals surface area contributed by atoms with Gasteiger partial charge in [0.15, 0.2) is 0 Å². The molecule has 1 amide bonds. The second-order valence-corrected chi connectivity index (χ2v) is 4.10. The molecule has 15 heavy (non-hydrogen) atoms. The zero-order chi connectivity index (χ0) is 11.3. The minimum Gasteiger partial charge on any atom is -0.397 e. The van der Waals surface area contributed by atoms with Gasteiger partial charge < -0.3 is 11.1 Å². The van der Waals surface area contributed by atoms with Crippen molar-refractivity contribution in [3.05, 3.63) is 16.3 Å². The highest BCUT2D eigenvalue weighted by Gasteiger charge is 2.14. The standard InChI is InChI=1S/C11H14N2OS/c1-3-5-8(4-2)13-11(14)10-9(12)6-7-15-10/h2,6-8H,3,5,12H2,1H3,(H,13,14). The zero-order valence-corrected chi connectivity index (χ0v) is 9.43. The van der Waals surface area contributed by atoms with Gasteiger partial charge in [-0.2, -0.15) is 0 Å². The number of hydrogen-bond acceptors (Lipinski definition) is 3. The number of terminal acetylenes is 1. The minimum absolute atomic E-state index is 0.182. The summed E-state index contributed by atoms with van der Waals surface area (Å²) in [6.45, 7) is 2.02. The number of carbonyl (C=O) groups is 1. The molecule has 1 atom stereocenters. The summed E-state index contributed by atoms with van der Waals surface area (Å²) >= 11 is 1.32. The van der Waals surface area contributed by atoms with Crippen molar-refractivity contribution in [1.29, 1.82) is 0 Å². The molecule has 1 rings (SSSR count). The van der Waals surface area contributed by atoms with Crippen LogP contribution in [0.1, 0.15) is 29.4 Å². The molecule has 1 unspecified atom stereocenters. The largest absolute Gasteiger partial charge is 0.397 e. The lowest BCUT2D eigenvalue weighted by molar-refractivity contribution is 0.0949. The van der Waals surface area contributed by atoms with Gasteiger partial charge in [-0.15, -0.1) is 17.8 Å². The van der Waals surface area contributed by atoms with Crippen LogP contribution < -0.4 is 11.1 Å². The van der Waals surface area contributed by atoms with Crippen molar-refractivity contribution in [2.75, 3.05) is 5.73 Å².